The van der Waals surface area contributed by atoms with Gasteiger partial charge in [-0.25, -0.2) is 0 Å². The molecule has 10 aromatic rings. The molecular weight excluding hydrogens is 782 g/mol. The fourth-order valence-corrected chi connectivity index (χ4v) is 14.1. The first-order chi connectivity index (χ1) is 31.7. The van der Waals surface area contributed by atoms with Crippen LogP contribution in [0, 0.1) is 41.5 Å². The molecule has 0 aliphatic carbocycles. The molecule has 0 fully saturated rings. The first-order valence-corrected chi connectivity index (χ1v) is 23.5. The highest BCUT2D eigenvalue weighted by Gasteiger charge is 2.45. The van der Waals surface area contributed by atoms with Crippen LogP contribution in [-0.4, -0.2) is 20.5 Å². The number of nitrogens with one attached hydrogen (secondary N) is 1. The Morgan fingerprint density at radius 2 is 0.892 bits per heavy atom. The van der Waals surface area contributed by atoms with E-state index in [2.05, 4.69) is 204 Å². The number of hydrogen-bond donors (Lipinski definition) is 1. The van der Waals surface area contributed by atoms with Crippen LogP contribution in [0.1, 0.15) is 67.7 Å². The lowest BCUT2D eigenvalue weighted by Gasteiger charge is -2.43. The summed E-state index contributed by atoms with van der Waals surface area (Å²) in [5, 5.41) is 12.5. The summed E-state index contributed by atoms with van der Waals surface area (Å²) in [6, 6.07) is 57.3. The Bertz CT molecular complexity index is 3720. The smallest absolute Gasteiger partial charge is 0.243 e. The van der Waals surface area contributed by atoms with E-state index in [1.54, 1.807) is 0 Å². The lowest BCUT2D eigenvalue weighted by molar-refractivity contribution is 0.782. The molecule has 14 rings (SSSR count). The molecule has 2 atom stereocenters. The molecule has 4 aliphatic heterocycles. The van der Waals surface area contributed by atoms with Gasteiger partial charge in [0, 0.05) is 18.4 Å². The van der Waals surface area contributed by atoms with Crippen molar-refractivity contribution in [3.8, 4) is 22.3 Å². The van der Waals surface area contributed by atoms with Crippen LogP contribution in [0.4, 0.5) is 11.4 Å². The molecule has 4 heteroatoms. The van der Waals surface area contributed by atoms with Crippen molar-refractivity contribution in [1.29, 1.82) is 0 Å². The predicted molar refractivity (Wildman–Crippen MR) is 280 cm³/mol. The van der Waals surface area contributed by atoms with Crippen LogP contribution in [0.5, 0.6) is 0 Å². The second-order valence-corrected chi connectivity index (χ2v) is 20.0. The largest absolute Gasteiger partial charge is 0.374 e. The minimum absolute atomic E-state index is 0.0401. The molecule has 10 aromatic carbocycles. The van der Waals surface area contributed by atoms with E-state index in [0.717, 1.165) is 0 Å². The standard InChI is InChI=1S/C61H48B2N2/c1-32-26-34(3)58(35(4)27-32)64-59-44-14-8-10-20-48(44)62-50-30-38-23-25-41-43-17-13-19-47-57(43)63(49-21-11-9-15-45(49)61(47)65(7)60-36(5)28-33(2)29-37(60)6)51-31-39-22-24-40(42-16-12-18-46(59)56(42)62)54(50)52(39)53(38)55(41)51/h8-31,59,61,64H,1-7H3. The maximum atomic E-state index is 4.13. The van der Waals surface area contributed by atoms with Crippen molar-refractivity contribution >= 4 is 89.9 Å². The van der Waals surface area contributed by atoms with E-state index < -0.39 is 0 Å². The molecule has 0 saturated heterocycles. The summed E-state index contributed by atoms with van der Waals surface area (Å²) in [6.07, 6.45) is 0. The number of benzene rings is 10. The summed E-state index contributed by atoms with van der Waals surface area (Å²) in [5.41, 5.74) is 30.1. The number of fused-ring (bicyclic) bond motifs is 8. The molecule has 2 unspecified atom stereocenters. The zero-order valence-corrected chi connectivity index (χ0v) is 38.1. The van der Waals surface area contributed by atoms with Crippen molar-refractivity contribution < 1.29 is 0 Å². The lowest BCUT2D eigenvalue weighted by atomic mass is 9.29. The van der Waals surface area contributed by atoms with Crippen molar-refractivity contribution in [3.63, 3.8) is 0 Å². The van der Waals surface area contributed by atoms with Crippen LogP contribution in [0.25, 0.3) is 54.6 Å². The summed E-state index contributed by atoms with van der Waals surface area (Å²) < 4.78 is 0. The van der Waals surface area contributed by atoms with Crippen LogP contribution < -0.4 is 43.0 Å². The van der Waals surface area contributed by atoms with Crippen molar-refractivity contribution in [2.75, 3.05) is 17.3 Å². The summed E-state index contributed by atoms with van der Waals surface area (Å²) in [5.74, 6) is 0. The Morgan fingerprint density at radius 3 is 1.48 bits per heavy atom. The number of anilines is 2. The van der Waals surface area contributed by atoms with Crippen molar-refractivity contribution in [2.24, 2.45) is 0 Å². The predicted octanol–water partition coefficient (Wildman–Crippen LogP) is 10.5. The molecule has 308 valence electrons. The number of nitrogens with zero attached hydrogens (tertiary/aromatic N) is 1. The van der Waals surface area contributed by atoms with Crippen LogP contribution in [0.2, 0.25) is 0 Å². The summed E-state index contributed by atoms with van der Waals surface area (Å²) in [7, 11) is 2.32. The normalized spacial score (nSPS) is 15.9. The van der Waals surface area contributed by atoms with Gasteiger partial charge in [0.25, 0.3) is 0 Å². The Hall–Kier alpha value is -7.03. The third-order valence-electron chi connectivity index (χ3n) is 16.2. The van der Waals surface area contributed by atoms with E-state index in [0.29, 0.717) is 0 Å². The molecule has 65 heavy (non-hydrogen) atoms. The molecule has 4 heterocycles. The maximum Gasteiger partial charge on any atom is 0.243 e. The first-order valence-electron chi connectivity index (χ1n) is 23.5. The monoisotopic (exact) mass is 830 g/mol. The van der Waals surface area contributed by atoms with Gasteiger partial charge < -0.3 is 10.2 Å². The number of aryl methyl sites for hydroxylation is 6. The van der Waals surface area contributed by atoms with Crippen molar-refractivity contribution in [2.45, 2.75) is 53.6 Å². The molecular formula is C61H48B2N2. The summed E-state index contributed by atoms with van der Waals surface area (Å²) >= 11 is 0. The Kier molecular flexibility index (Phi) is 7.50. The highest BCUT2D eigenvalue weighted by atomic mass is 15.1. The van der Waals surface area contributed by atoms with Gasteiger partial charge in [0.2, 0.25) is 13.4 Å². The van der Waals surface area contributed by atoms with Gasteiger partial charge in [0.05, 0.1) is 12.1 Å². The maximum absolute atomic E-state index is 4.13. The minimum Gasteiger partial charge on any atom is -0.374 e. The van der Waals surface area contributed by atoms with Crippen LogP contribution in [0.3, 0.4) is 0 Å². The van der Waals surface area contributed by atoms with Crippen LogP contribution in [0.15, 0.2) is 146 Å². The van der Waals surface area contributed by atoms with Gasteiger partial charge in [-0.3, -0.25) is 0 Å². The highest BCUT2D eigenvalue weighted by Crippen LogP contribution is 2.47. The third kappa shape index (κ3) is 4.82. The summed E-state index contributed by atoms with van der Waals surface area (Å²) in [6.45, 7) is 13.7. The Morgan fingerprint density at radius 1 is 0.415 bits per heavy atom. The van der Waals surface area contributed by atoms with Crippen molar-refractivity contribution in [3.05, 3.63) is 201 Å². The highest BCUT2D eigenvalue weighted by molar-refractivity contribution is 7.01. The molecule has 0 spiro atoms. The molecule has 0 bridgehead atoms. The van der Waals surface area contributed by atoms with E-state index in [4.69, 9.17) is 0 Å². The summed E-state index contributed by atoms with van der Waals surface area (Å²) in [4.78, 5) is 2.57. The lowest BCUT2D eigenvalue weighted by Crippen LogP contribution is -2.61. The molecule has 0 aromatic heterocycles. The fraction of sp³-hybridized carbons (Fsp3) is 0.148. The second kappa shape index (κ2) is 13.0. The van der Waals surface area contributed by atoms with E-state index in [9.17, 15) is 0 Å². The van der Waals surface area contributed by atoms with Gasteiger partial charge in [-0.05, 0) is 141 Å². The molecule has 0 radical (unpaired) electrons. The van der Waals surface area contributed by atoms with Gasteiger partial charge in [0.15, 0.2) is 0 Å². The van der Waals surface area contributed by atoms with Crippen LogP contribution in [-0.2, 0) is 0 Å². The quantitative estimate of drug-likeness (QED) is 0.140. The van der Waals surface area contributed by atoms with E-state index in [1.807, 2.05) is 0 Å². The third-order valence-corrected chi connectivity index (χ3v) is 16.2. The van der Waals surface area contributed by atoms with E-state index in [-0.39, 0.29) is 25.5 Å². The second-order valence-electron chi connectivity index (χ2n) is 20.0. The average molecular weight is 831 g/mol. The van der Waals surface area contributed by atoms with Gasteiger partial charge >= 0.3 is 0 Å². The number of hydrogen-bond acceptors (Lipinski definition) is 2. The van der Waals surface area contributed by atoms with Gasteiger partial charge in [-0.2, -0.15) is 0 Å². The molecule has 0 amide bonds. The fourth-order valence-electron chi connectivity index (χ4n) is 14.1. The first kappa shape index (κ1) is 37.4. The Balaban J connectivity index is 1.02. The molecule has 0 saturated carbocycles. The SMILES string of the molecule is Cc1cc(C)c(NC2c3ccccc3B3c4c(cccc42)-c2ccc4cc5c6c(ccc7cc3c2c4c76)-c2cccc3c2B5c2ccccc2C3N(C)c2c(C)cc(C)cc2C)c(C)c1. The van der Waals surface area contributed by atoms with Gasteiger partial charge in [-0.1, -0.05) is 189 Å². The van der Waals surface area contributed by atoms with Gasteiger partial charge in [-0.15, -0.1) is 0 Å². The van der Waals surface area contributed by atoms with Crippen molar-refractivity contribution in [1.82, 2.24) is 0 Å². The van der Waals surface area contributed by atoms with Gasteiger partial charge in [0.1, 0.15) is 0 Å². The van der Waals surface area contributed by atoms with E-state index >= 15 is 0 Å². The van der Waals surface area contributed by atoms with E-state index in [1.165, 1.54) is 154 Å². The minimum atomic E-state index is 0.0401. The topological polar surface area (TPSA) is 15.3 Å². The zero-order valence-electron chi connectivity index (χ0n) is 38.1. The Labute approximate surface area is 382 Å². The number of rotatable bonds is 4. The molecule has 2 nitrogen and oxygen atoms in total. The molecule has 1 N–H and O–H groups in total. The molecule has 4 aliphatic rings. The zero-order chi connectivity index (χ0) is 43.7. The average Bonchev–Trinajstić information content (AvgIpc) is 3.29. The van der Waals surface area contributed by atoms with Crippen LogP contribution >= 0.6 is 0 Å².